The van der Waals surface area contributed by atoms with Crippen LogP contribution in [0.2, 0.25) is 0 Å². The SMILES string of the molecule is C[C@@H]1c2ccsc2CCN1C(=O)CCc1nc(-c2ccccc2)no1. The maximum atomic E-state index is 12.6. The maximum Gasteiger partial charge on any atom is 0.227 e. The zero-order chi connectivity index (χ0) is 17.2. The summed E-state index contributed by atoms with van der Waals surface area (Å²) in [6, 6.07) is 12.0. The number of hydrogen-bond acceptors (Lipinski definition) is 5. The molecule has 0 radical (unpaired) electrons. The molecule has 0 saturated heterocycles. The molecule has 0 aliphatic carbocycles. The number of thiophene rings is 1. The summed E-state index contributed by atoms with van der Waals surface area (Å²) in [6.45, 7) is 2.88. The second-order valence-electron chi connectivity index (χ2n) is 6.19. The molecule has 0 bridgehead atoms. The second-order valence-corrected chi connectivity index (χ2v) is 7.19. The fraction of sp³-hybridized carbons (Fsp3) is 0.316. The van der Waals surface area contributed by atoms with Crippen LogP contribution >= 0.6 is 11.3 Å². The zero-order valence-electron chi connectivity index (χ0n) is 14.0. The van der Waals surface area contributed by atoms with E-state index in [9.17, 15) is 4.79 Å². The quantitative estimate of drug-likeness (QED) is 0.714. The van der Waals surface area contributed by atoms with E-state index in [1.165, 1.54) is 10.4 Å². The Balaban J connectivity index is 1.39. The molecule has 0 N–H and O–H groups in total. The Hall–Kier alpha value is -2.47. The summed E-state index contributed by atoms with van der Waals surface area (Å²) in [5.41, 5.74) is 2.20. The number of carbonyl (C=O) groups excluding carboxylic acids is 1. The highest BCUT2D eigenvalue weighted by molar-refractivity contribution is 7.10. The van der Waals surface area contributed by atoms with Gasteiger partial charge in [-0.25, -0.2) is 0 Å². The van der Waals surface area contributed by atoms with E-state index in [4.69, 9.17) is 4.52 Å². The van der Waals surface area contributed by atoms with Crippen LogP contribution in [-0.4, -0.2) is 27.5 Å². The van der Waals surface area contributed by atoms with Gasteiger partial charge in [-0.1, -0.05) is 35.5 Å². The zero-order valence-corrected chi connectivity index (χ0v) is 14.8. The van der Waals surface area contributed by atoms with Crippen LogP contribution in [0.25, 0.3) is 11.4 Å². The second kappa shape index (κ2) is 6.80. The van der Waals surface area contributed by atoms with Crippen LogP contribution in [0.1, 0.15) is 35.7 Å². The van der Waals surface area contributed by atoms with E-state index in [2.05, 4.69) is 28.5 Å². The number of aryl methyl sites for hydroxylation is 1. The van der Waals surface area contributed by atoms with E-state index >= 15 is 0 Å². The van der Waals surface area contributed by atoms with Crippen molar-refractivity contribution in [3.63, 3.8) is 0 Å². The van der Waals surface area contributed by atoms with E-state index in [0.717, 1.165) is 18.5 Å². The number of nitrogens with zero attached hydrogens (tertiary/aromatic N) is 3. The number of carbonyl (C=O) groups is 1. The van der Waals surface area contributed by atoms with Gasteiger partial charge in [-0.2, -0.15) is 4.98 Å². The third kappa shape index (κ3) is 3.22. The average molecular weight is 353 g/mol. The number of amides is 1. The lowest BCUT2D eigenvalue weighted by Crippen LogP contribution is -2.38. The van der Waals surface area contributed by atoms with Crippen LogP contribution in [0.5, 0.6) is 0 Å². The van der Waals surface area contributed by atoms with Crippen molar-refractivity contribution in [1.82, 2.24) is 15.0 Å². The van der Waals surface area contributed by atoms with E-state index in [1.54, 1.807) is 11.3 Å². The number of benzene rings is 1. The standard InChI is InChI=1S/C19H19N3O2S/c1-13-15-10-12-25-16(15)9-11-22(13)18(23)8-7-17-20-19(21-24-17)14-5-3-2-4-6-14/h2-6,10,12-13H,7-9,11H2,1H3/t13-/m1/s1. The molecule has 2 aromatic heterocycles. The van der Waals surface area contributed by atoms with Crippen LogP contribution in [0.3, 0.4) is 0 Å². The van der Waals surface area contributed by atoms with Gasteiger partial charge in [0, 0.05) is 29.8 Å². The van der Waals surface area contributed by atoms with Crippen molar-refractivity contribution in [2.24, 2.45) is 0 Å². The average Bonchev–Trinajstić information content (AvgIpc) is 3.30. The fourth-order valence-corrected chi connectivity index (χ4v) is 4.23. The van der Waals surface area contributed by atoms with Crippen LogP contribution < -0.4 is 0 Å². The van der Waals surface area contributed by atoms with Gasteiger partial charge in [0.2, 0.25) is 17.6 Å². The van der Waals surface area contributed by atoms with Crippen LogP contribution in [0.4, 0.5) is 0 Å². The molecule has 0 saturated carbocycles. The topological polar surface area (TPSA) is 59.2 Å². The number of aromatic nitrogens is 2. The maximum absolute atomic E-state index is 12.6. The van der Waals surface area contributed by atoms with Gasteiger partial charge in [0.25, 0.3) is 0 Å². The number of hydrogen-bond donors (Lipinski definition) is 0. The first kappa shape index (κ1) is 16.0. The Morgan fingerprint density at radius 3 is 3.00 bits per heavy atom. The lowest BCUT2D eigenvalue weighted by Gasteiger charge is -2.33. The van der Waals surface area contributed by atoms with Crippen LogP contribution in [0, 0.1) is 0 Å². The lowest BCUT2D eigenvalue weighted by molar-refractivity contribution is -0.133. The summed E-state index contributed by atoms with van der Waals surface area (Å²) in [4.78, 5) is 20.4. The molecule has 0 fully saturated rings. The first-order valence-electron chi connectivity index (χ1n) is 8.46. The van der Waals surface area contributed by atoms with E-state index < -0.39 is 0 Å². The highest BCUT2D eigenvalue weighted by Crippen LogP contribution is 2.33. The molecule has 0 spiro atoms. The highest BCUT2D eigenvalue weighted by Gasteiger charge is 2.28. The third-order valence-corrected chi connectivity index (χ3v) is 5.65. The van der Waals surface area contributed by atoms with E-state index in [0.29, 0.717) is 24.6 Å². The molecular formula is C19H19N3O2S. The minimum atomic E-state index is 0.142. The van der Waals surface area contributed by atoms with Crippen molar-refractivity contribution >= 4 is 17.2 Å². The van der Waals surface area contributed by atoms with Gasteiger partial charge in [0.05, 0.1) is 6.04 Å². The molecule has 3 heterocycles. The Morgan fingerprint density at radius 2 is 2.16 bits per heavy atom. The first-order valence-corrected chi connectivity index (χ1v) is 9.34. The predicted octanol–water partition coefficient (Wildman–Crippen LogP) is 3.88. The molecule has 3 aromatic rings. The lowest BCUT2D eigenvalue weighted by atomic mass is 10.0. The molecule has 1 aromatic carbocycles. The monoisotopic (exact) mass is 353 g/mol. The summed E-state index contributed by atoms with van der Waals surface area (Å²) in [5.74, 6) is 1.22. The third-order valence-electron chi connectivity index (χ3n) is 4.65. The van der Waals surface area contributed by atoms with E-state index in [1.807, 2.05) is 35.2 Å². The molecule has 1 aliphatic heterocycles. The van der Waals surface area contributed by atoms with Crippen molar-refractivity contribution in [3.05, 3.63) is 58.1 Å². The van der Waals surface area contributed by atoms with Gasteiger partial charge in [-0.3, -0.25) is 4.79 Å². The Morgan fingerprint density at radius 1 is 1.32 bits per heavy atom. The van der Waals surface area contributed by atoms with Gasteiger partial charge >= 0.3 is 0 Å². The number of rotatable bonds is 4. The van der Waals surface area contributed by atoms with Crippen molar-refractivity contribution in [3.8, 4) is 11.4 Å². The van der Waals surface area contributed by atoms with Gasteiger partial charge in [-0.15, -0.1) is 11.3 Å². The van der Waals surface area contributed by atoms with E-state index in [-0.39, 0.29) is 11.9 Å². The normalized spacial score (nSPS) is 16.7. The predicted molar refractivity (Wildman–Crippen MR) is 96.2 cm³/mol. The molecule has 5 nitrogen and oxygen atoms in total. The van der Waals surface area contributed by atoms with Crippen LogP contribution in [0.15, 0.2) is 46.3 Å². The summed E-state index contributed by atoms with van der Waals surface area (Å²) in [6.07, 6.45) is 1.81. The molecule has 4 rings (SSSR count). The highest BCUT2D eigenvalue weighted by atomic mass is 32.1. The first-order chi connectivity index (χ1) is 12.2. The van der Waals surface area contributed by atoms with Gasteiger partial charge in [0.15, 0.2) is 0 Å². The van der Waals surface area contributed by atoms with Crippen molar-refractivity contribution in [2.45, 2.75) is 32.2 Å². The molecule has 0 unspecified atom stereocenters. The summed E-state index contributed by atoms with van der Waals surface area (Å²) >= 11 is 1.78. The molecule has 1 aliphatic rings. The summed E-state index contributed by atoms with van der Waals surface area (Å²) in [5, 5.41) is 6.11. The largest absolute Gasteiger partial charge is 0.339 e. The molecular weight excluding hydrogens is 334 g/mol. The molecule has 1 amide bonds. The van der Waals surface area contributed by atoms with Gasteiger partial charge in [-0.05, 0) is 30.4 Å². The molecule has 6 heteroatoms. The van der Waals surface area contributed by atoms with Gasteiger partial charge < -0.3 is 9.42 Å². The number of fused-ring (bicyclic) bond motifs is 1. The minimum Gasteiger partial charge on any atom is -0.339 e. The van der Waals surface area contributed by atoms with Crippen molar-refractivity contribution < 1.29 is 9.32 Å². The Kier molecular flexibility index (Phi) is 4.36. The molecule has 25 heavy (non-hydrogen) atoms. The molecule has 1 atom stereocenters. The summed E-state index contributed by atoms with van der Waals surface area (Å²) < 4.78 is 5.30. The van der Waals surface area contributed by atoms with Crippen LogP contribution in [-0.2, 0) is 17.6 Å². The smallest absolute Gasteiger partial charge is 0.227 e. The summed E-state index contributed by atoms with van der Waals surface area (Å²) in [7, 11) is 0. The van der Waals surface area contributed by atoms with Crippen molar-refractivity contribution in [1.29, 1.82) is 0 Å². The Labute approximate surface area is 150 Å². The fourth-order valence-electron chi connectivity index (χ4n) is 3.27. The molecule has 128 valence electrons. The minimum absolute atomic E-state index is 0.142. The Bertz CT molecular complexity index is 872. The van der Waals surface area contributed by atoms with Crippen molar-refractivity contribution in [2.75, 3.05) is 6.54 Å². The van der Waals surface area contributed by atoms with Gasteiger partial charge in [0.1, 0.15) is 0 Å².